The van der Waals surface area contributed by atoms with Crippen molar-refractivity contribution in [1.82, 2.24) is 16.0 Å². The van der Waals surface area contributed by atoms with Crippen LogP contribution in [0, 0.1) is 5.92 Å². The molecular weight excluding hydrogens is 391 g/mol. The molecule has 0 bridgehead atoms. The molecule has 0 aliphatic heterocycles. The van der Waals surface area contributed by atoms with Crippen molar-refractivity contribution in [3.8, 4) is 0 Å². The summed E-state index contributed by atoms with van der Waals surface area (Å²) in [5, 5.41) is 9.28. The summed E-state index contributed by atoms with van der Waals surface area (Å²) >= 11 is 0. The van der Waals surface area contributed by atoms with E-state index in [2.05, 4.69) is 41.7 Å². The van der Waals surface area contributed by atoms with Crippen molar-refractivity contribution in [3.05, 3.63) is 0 Å². The van der Waals surface area contributed by atoms with Gasteiger partial charge in [-0.05, 0) is 40.0 Å². The van der Waals surface area contributed by atoms with E-state index >= 15 is 0 Å². The normalized spacial score (nSPS) is 13.4. The van der Waals surface area contributed by atoms with Gasteiger partial charge in [0.05, 0.1) is 6.54 Å². The number of hydrogen-bond acceptors (Lipinski definition) is 2. The van der Waals surface area contributed by atoms with Crippen LogP contribution in [0.1, 0.15) is 60.8 Å². The third-order valence-corrected chi connectivity index (χ3v) is 2.96. The lowest BCUT2D eigenvalue weighted by atomic mass is 10.0. The van der Waals surface area contributed by atoms with Gasteiger partial charge in [0.25, 0.3) is 0 Å². The molecule has 0 rings (SSSR count). The molecule has 1 unspecified atom stereocenters. The predicted molar refractivity (Wildman–Crippen MR) is 106 cm³/mol. The van der Waals surface area contributed by atoms with Crippen molar-refractivity contribution in [3.63, 3.8) is 0 Å². The summed E-state index contributed by atoms with van der Waals surface area (Å²) in [5.74, 6) is 1.39. The number of rotatable bonds is 7. The molecule has 0 radical (unpaired) electrons. The number of hydrogen-bond donors (Lipinski definition) is 3. The average molecular weight is 426 g/mol. The van der Waals surface area contributed by atoms with Gasteiger partial charge in [-0.25, -0.2) is 0 Å². The van der Waals surface area contributed by atoms with E-state index in [9.17, 15) is 4.79 Å². The van der Waals surface area contributed by atoms with Crippen LogP contribution in [0.15, 0.2) is 4.99 Å². The zero-order valence-electron chi connectivity index (χ0n) is 15.2. The molecule has 0 saturated heterocycles. The van der Waals surface area contributed by atoms with Crippen LogP contribution in [0.3, 0.4) is 0 Å². The van der Waals surface area contributed by atoms with E-state index in [4.69, 9.17) is 0 Å². The highest BCUT2D eigenvalue weighted by atomic mass is 127. The first-order valence-electron chi connectivity index (χ1n) is 7.92. The third kappa shape index (κ3) is 14.4. The Labute approximate surface area is 153 Å². The molecule has 22 heavy (non-hydrogen) atoms. The Morgan fingerprint density at radius 3 is 2.18 bits per heavy atom. The van der Waals surface area contributed by atoms with Crippen molar-refractivity contribution in [1.29, 1.82) is 0 Å². The van der Waals surface area contributed by atoms with E-state index in [0.29, 0.717) is 12.0 Å². The number of nitrogens with one attached hydrogen (secondary N) is 3. The second kappa shape index (κ2) is 12.0. The summed E-state index contributed by atoms with van der Waals surface area (Å²) in [6, 6.07) is 0.348. The van der Waals surface area contributed by atoms with Crippen molar-refractivity contribution < 1.29 is 4.79 Å². The van der Waals surface area contributed by atoms with E-state index in [1.807, 2.05) is 20.8 Å². The van der Waals surface area contributed by atoms with Gasteiger partial charge in [-0.2, -0.15) is 0 Å². The molecule has 0 fully saturated rings. The van der Waals surface area contributed by atoms with Crippen molar-refractivity contribution in [2.45, 2.75) is 72.4 Å². The number of amides is 1. The van der Waals surface area contributed by atoms with Gasteiger partial charge in [0, 0.05) is 18.6 Å². The van der Waals surface area contributed by atoms with E-state index < -0.39 is 0 Å². The number of nitrogens with zero attached hydrogens (tertiary/aromatic N) is 1. The molecule has 5 nitrogen and oxygen atoms in total. The standard InChI is InChI=1S/C16H34N4O.HI/c1-12(2)9-8-10-13(3)19-15(17-7)18-11-14(21)20-16(4,5)6;/h12-13H,8-11H2,1-7H3,(H,20,21)(H2,17,18,19);1H. The summed E-state index contributed by atoms with van der Waals surface area (Å²) < 4.78 is 0. The van der Waals surface area contributed by atoms with Crippen LogP contribution in [0.25, 0.3) is 0 Å². The van der Waals surface area contributed by atoms with E-state index in [1.54, 1.807) is 7.05 Å². The van der Waals surface area contributed by atoms with Crippen LogP contribution in [-0.4, -0.2) is 37.0 Å². The lowest BCUT2D eigenvalue weighted by Crippen LogP contribution is -2.49. The van der Waals surface area contributed by atoms with Crippen LogP contribution in [0.4, 0.5) is 0 Å². The molecule has 132 valence electrons. The molecule has 0 spiro atoms. The molecule has 0 aliphatic carbocycles. The van der Waals surface area contributed by atoms with Gasteiger partial charge in [0.1, 0.15) is 0 Å². The van der Waals surface area contributed by atoms with Gasteiger partial charge in [-0.3, -0.25) is 9.79 Å². The average Bonchev–Trinajstić information content (AvgIpc) is 2.31. The number of carbonyl (C=O) groups is 1. The summed E-state index contributed by atoms with van der Waals surface area (Å²) in [7, 11) is 1.72. The highest BCUT2D eigenvalue weighted by molar-refractivity contribution is 14.0. The van der Waals surface area contributed by atoms with Crippen LogP contribution in [0.5, 0.6) is 0 Å². The fraction of sp³-hybridized carbons (Fsp3) is 0.875. The van der Waals surface area contributed by atoms with E-state index in [1.165, 1.54) is 12.8 Å². The minimum atomic E-state index is -0.208. The Balaban J connectivity index is 0. The summed E-state index contributed by atoms with van der Waals surface area (Å²) in [5.41, 5.74) is -0.208. The second-order valence-electron chi connectivity index (χ2n) is 7.09. The molecule has 3 N–H and O–H groups in total. The zero-order valence-corrected chi connectivity index (χ0v) is 17.6. The highest BCUT2D eigenvalue weighted by Gasteiger charge is 2.14. The molecule has 0 aliphatic rings. The molecule has 0 aromatic carbocycles. The van der Waals surface area contributed by atoms with Gasteiger partial charge in [0.15, 0.2) is 5.96 Å². The minimum Gasteiger partial charge on any atom is -0.354 e. The Hall–Kier alpha value is -0.530. The monoisotopic (exact) mass is 426 g/mol. The topological polar surface area (TPSA) is 65.5 Å². The van der Waals surface area contributed by atoms with Crippen LogP contribution in [0.2, 0.25) is 0 Å². The Kier molecular flexibility index (Phi) is 12.9. The smallest absolute Gasteiger partial charge is 0.239 e. The number of halogens is 1. The van der Waals surface area contributed by atoms with Crippen LogP contribution in [-0.2, 0) is 4.79 Å². The van der Waals surface area contributed by atoms with Gasteiger partial charge in [0.2, 0.25) is 5.91 Å². The quantitative estimate of drug-likeness (QED) is 0.333. The molecule has 0 heterocycles. The van der Waals surface area contributed by atoms with Gasteiger partial charge >= 0.3 is 0 Å². The minimum absolute atomic E-state index is 0. The number of aliphatic imine (C=N–C) groups is 1. The second-order valence-corrected chi connectivity index (χ2v) is 7.09. The highest BCUT2D eigenvalue weighted by Crippen LogP contribution is 2.08. The Bertz CT molecular complexity index is 338. The van der Waals surface area contributed by atoms with Crippen molar-refractivity contribution >= 4 is 35.8 Å². The zero-order chi connectivity index (χ0) is 16.5. The van der Waals surface area contributed by atoms with Crippen LogP contribution < -0.4 is 16.0 Å². The molecule has 0 aromatic heterocycles. The number of carbonyl (C=O) groups excluding carboxylic acids is 1. The lowest BCUT2D eigenvalue weighted by molar-refractivity contribution is -0.121. The van der Waals surface area contributed by atoms with E-state index in [0.717, 1.165) is 12.3 Å². The maximum absolute atomic E-state index is 11.8. The summed E-state index contributed by atoms with van der Waals surface area (Å²) in [6.45, 7) is 12.8. The van der Waals surface area contributed by atoms with Crippen molar-refractivity contribution in [2.24, 2.45) is 10.9 Å². The fourth-order valence-corrected chi connectivity index (χ4v) is 1.96. The molecule has 1 atom stereocenters. The summed E-state index contributed by atoms with van der Waals surface area (Å²) in [4.78, 5) is 15.9. The predicted octanol–water partition coefficient (Wildman–Crippen LogP) is 2.90. The molecule has 6 heteroatoms. The maximum atomic E-state index is 11.8. The van der Waals surface area contributed by atoms with Crippen molar-refractivity contribution in [2.75, 3.05) is 13.6 Å². The first-order chi connectivity index (χ1) is 9.64. The van der Waals surface area contributed by atoms with Gasteiger partial charge in [-0.15, -0.1) is 24.0 Å². The Morgan fingerprint density at radius 1 is 1.14 bits per heavy atom. The lowest BCUT2D eigenvalue weighted by Gasteiger charge is -2.22. The molecule has 0 saturated carbocycles. The third-order valence-electron chi connectivity index (χ3n) is 2.96. The largest absolute Gasteiger partial charge is 0.354 e. The molecular formula is C16H35IN4O. The fourth-order valence-electron chi connectivity index (χ4n) is 1.96. The maximum Gasteiger partial charge on any atom is 0.239 e. The molecule has 1 amide bonds. The van der Waals surface area contributed by atoms with E-state index in [-0.39, 0.29) is 42.0 Å². The Morgan fingerprint density at radius 2 is 1.73 bits per heavy atom. The SMILES string of the molecule is CN=C(NCC(=O)NC(C)(C)C)NC(C)CCCC(C)C.I. The first kappa shape index (κ1) is 23.7. The van der Waals surface area contributed by atoms with Gasteiger partial charge < -0.3 is 16.0 Å². The first-order valence-corrected chi connectivity index (χ1v) is 7.92. The summed E-state index contributed by atoms with van der Waals surface area (Å²) in [6.07, 6.45) is 3.55. The number of guanidine groups is 1. The van der Waals surface area contributed by atoms with Crippen LogP contribution >= 0.6 is 24.0 Å². The molecule has 0 aromatic rings. The van der Waals surface area contributed by atoms with Gasteiger partial charge in [-0.1, -0.05) is 26.7 Å².